The molecular weight excluding hydrogens is 402 g/mol. The summed E-state index contributed by atoms with van der Waals surface area (Å²) in [6, 6.07) is 13.1. The van der Waals surface area contributed by atoms with Crippen molar-refractivity contribution in [1.29, 1.82) is 0 Å². The van der Waals surface area contributed by atoms with E-state index in [9.17, 15) is 14.4 Å². The Labute approximate surface area is 188 Å². The summed E-state index contributed by atoms with van der Waals surface area (Å²) in [6.45, 7) is 5.51. The van der Waals surface area contributed by atoms with Crippen molar-refractivity contribution in [3.8, 4) is 0 Å². The Hall–Kier alpha value is -3.41. The lowest BCUT2D eigenvalue weighted by molar-refractivity contribution is -0.131. The number of hydrogen-bond acceptors (Lipinski definition) is 3. The SMILES string of the molecule is Cc1cccc(C)c1NC(=O)C(=O)c1cn(CC(=O)N2CCCCCC2)c2ccccc12. The molecule has 2 heterocycles. The van der Waals surface area contributed by atoms with Crippen LogP contribution in [0.15, 0.2) is 48.7 Å². The monoisotopic (exact) mass is 431 g/mol. The van der Waals surface area contributed by atoms with Gasteiger partial charge in [0.1, 0.15) is 6.54 Å². The number of hydrogen-bond donors (Lipinski definition) is 1. The number of Topliss-reactive ketones (excluding diaryl/α,β-unsaturated/α-hetero) is 1. The summed E-state index contributed by atoms with van der Waals surface area (Å²) in [5.41, 5.74) is 3.55. The van der Waals surface area contributed by atoms with Crippen LogP contribution >= 0.6 is 0 Å². The molecule has 1 aromatic heterocycles. The van der Waals surface area contributed by atoms with Gasteiger partial charge in [0.2, 0.25) is 5.91 Å². The van der Waals surface area contributed by atoms with Crippen LogP contribution < -0.4 is 5.32 Å². The Bertz CT molecular complexity index is 1150. The van der Waals surface area contributed by atoms with Gasteiger partial charge in [-0.2, -0.15) is 0 Å². The van der Waals surface area contributed by atoms with Crippen molar-refractivity contribution in [3.05, 3.63) is 65.4 Å². The number of aromatic nitrogens is 1. The van der Waals surface area contributed by atoms with E-state index in [0.717, 1.165) is 55.4 Å². The minimum absolute atomic E-state index is 0.0478. The van der Waals surface area contributed by atoms with E-state index < -0.39 is 11.7 Å². The molecule has 2 aromatic carbocycles. The summed E-state index contributed by atoms with van der Waals surface area (Å²) in [7, 11) is 0. The summed E-state index contributed by atoms with van der Waals surface area (Å²) in [4.78, 5) is 40.8. The molecule has 6 nitrogen and oxygen atoms in total. The number of anilines is 1. The molecule has 0 aliphatic carbocycles. The molecule has 0 spiro atoms. The van der Waals surface area contributed by atoms with Gasteiger partial charge in [-0.05, 0) is 43.9 Å². The third-order valence-corrected chi connectivity index (χ3v) is 6.22. The van der Waals surface area contributed by atoms with E-state index in [1.807, 2.05) is 61.2 Å². The summed E-state index contributed by atoms with van der Waals surface area (Å²) in [6.07, 6.45) is 6.02. The summed E-state index contributed by atoms with van der Waals surface area (Å²) in [5, 5.41) is 3.46. The molecule has 2 amide bonds. The van der Waals surface area contributed by atoms with Crippen LogP contribution in [0.3, 0.4) is 0 Å². The second-order valence-electron chi connectivity index (χ2n) is 8.53. The molecule has 32 heavy (non-hydrogen) atoms. The van der Waals surface area contributed by atoms with Crippen LogP contribution in [-0.2, 0) is 16.1 Å². The highest BCUT2D eigenvalue weighted by molar-refractivity contribution is 6.48. The van der Waals surface area contributed by atoms with Crippen molar-refractivity contribution >= 4 is 34.2 Å². The molecular formula is C26H29N3O3. The van der Waals surface area contributed by atoms with Gasteiger partial charge in [0.25, 0.3) is 11.7 Å². The van der Waals surface area contributed by atoms with Gasteiger partial charge in [0.15, 0.2) is 0 Å². The molecule has 0 atom stereocenters. The molecule has 0 saturated carbocycles. The second kappa shape index (κ2) is 9.39. The van der Waals surface area contributed by atoms with E-state index in [1.54, 1.807) is 10.8 Å². The van der Waals surface area contributed by atoms with Crippen LogP contribution in [-0.4, -0.2) is 40.2 Å². The molecule has 0 radical (unpaired) electrons. The topological polar surface area (TPSA) is 71.4 Å². The summed E-state index contributed by atoms with van der Waals surface area (Å²) < 4.78 is 1.79. The predicted octanol–water partition coefficient (Wildman–Crippen LogP) is 4.48. The Morgan fingerprint density at radius 3 is 2.22 bits per heavy atom. The molecule has 1 N–H and O–H groups in total. The average molecular weight is 432 g/mol. The predicted molar refractivity (Wildman–Crippen MR) is 126 cm³/mol. The van der Waals surface area contributed by atoms with Gasteiger partial charge in [0, 0.05) is 35.9 Å². The van der Waals surface area contributed by atoms with Gasteiger partial charge in [-0.1, -0.05) is 49.2 Å². The molecule has 166 valence electrons. The van der Waals surface area contributed by atoms with Crippen LogP contribution in [0.2, 0.25) is 0 Å². The van der Waals surface area contributed by atoms with E-state index >= 15 is 0 Å². The number of carbonyl (C=O) groups excluding carboxylic acids is 3. The zero-order valence-corrected chi connectivity index (χ0v) is 18.7. The normalized spacial score (nSPS) is 14.2. The molecule has 1 fully saturated rings. The van der Waals surface area contributed by atoms with Gasteiger partial charge >= 0.3 is 0 Å². The van der Waals surface area contributed by atoms with Crippen LogP contribution in [0.25, 0.3) is 10.9 Å². The summed E-state index contributed by atoms with van der Waals surface area (Å²) in [5.74, 6) is -1.24. The number of ketones is 1. The lowest BCUT2D eigenvalue weighted by Gasteiger charge is -2.20. The first kappa shape index (κ1) is 21.8. The number of nitrogens with one attached hydrogen (secondary N) is 1. The first-order valence-electron chi connectivity index (χ1n) is 11.2. The van der Waals surface area contributed by atoms with Gasteiger partial charge < -0.3 is 14.8 Å². The van der Waals surface area contributed by atoms with Gasteiger partial charge in [-0.3, -0.25) is 14.4 Å². The standard InChI is InChI=1S/C26H29N3O3/c1-18-10-9-11-19(2)24(18)27-26(32)25(31)21-16-29(22-13-6-5-12-20(21)22)17-23(30)28-14-7-3-4-8-15-28/h5-6,9-13,16H,3-4,7-8,14-15,17H2,1-2H3,(H,27,32). The number of nitrogens with zero attached hydrogens (tertiary/aromatic N) is 2. The number of benzene rings is 2. The van der Waals surface area contributed by atoms with E-state index in [1.165, 1.54) is 0 Å². The lowest BCUT2D eigenvalue weighted by atomic mass is 10.1. The molecule has 1 aliphatic heterocycles. The van der Waals surface area contributed by atoms with Crippen LogP contribution in [0.1, 0.15) is 47.2 Å². The maximum Gasteiger partial charge on any atom is 0.296 e. The highest BCUT2D eigenvalue weighted by Gasteiger charge is 2.24. The summed E-state index contributed by atoms with van der Waals surface area (Å²) >= 11 is 0. The minimum Gasteiger partial charge on any atom is -0.341 e. The molecule has 6 heteroatoms. The number of fused-ring (bicyclic) bond motifs is 1. The zero-order chi connectivity index (χ0) is 22.7. The van der Waals surface area contributed by atoms with Crippen molar-refractivity contribution in [2.24, 2.45) is 0 Å². The molecule has 0 unspecified atom stereocenters. The maximum absolute atomic E-state index is 13.1. The van der Waals surface area contributed by atoms with E-state index in [-0.39, 0.29) is 12.5 Å². The van der Waals surface area contributed by atoms with Crippen LogP contribution in [0.4, 0.5) is 5.69 Å². The number of para-hydroxylation sites is 2. The highest BCUT2D eigenvalue weighted by atomic mass is 16.2. The van der Waals surface area contributed by atoms with E-state index in [2.05, 4.69) is 5.32 Å². The zero-order valence-electron chi connectivity index (χ0n) is 18.7. The Kier molecular flexibility index (Phi) is 6.40. The molecule has 4 rings (SSSR count). The van der Waals surface area contributed by atoms with Crippen molar-refractivity contribution in [1.82, 2.24) is 9.47 Å². The van der Waals surface area contributed by atoms with Gasteiger partial charge in [0.05, 0.1) is 5.56 Å². The van der Waals surface area contributed by atoms with Crippen molar-refractivity contribution in [3.63, 3.8) is 0 Å². The maximum atomic E-state index is 13.1. The molecule has 1 aliphatic rings. The van der Waals surface area contributed by atoms with E-state index in [0.29, 0.717) is 16.6 Å². The Morgan fingerprint density at radius 1 is 0.875 bits per heavy atom. The minimum atomic E-state index is -0.677. The third-order valence-electron chi connectivity index (χ3n) is 6.22. The fraction of sp³-hybridized carbons (Fsp3) is 0.346. The highest BCUT2D eigenvalue weighted by Crippen LogP contribution is 2.24. The Morgan fingerprint density at radius 2 is 1.53 bits per heavy atom. The first-order valence-corrected chi connectivity index (χ1v) is 11.2. The fourth-order valence-corrected chi connectivity index (χ4v) is 4.43. The molecule has 1 saturated heterocycles. The van der Waals surface area contributed by atoms with Crippen molar-refractivity contribution in [2.75, 3.05) is 18.4 Å². The molecule has 0 bridgehead atoms. The number of likely N-dealkylation sites (tertiary alicyclic amines) is 1. The van der Waals surface area contributed by atoms with Crippen molar-refractivity contribution < 1.29 is 14.4 Å². The first-order chi connectivity index (χ1) is 15.5. The van der Waals surface area contributed by atoms with Crippen molar-refractivity contribution in [2.45, 2.75) is 46.1 Å². The Balaban J connectivity index is 1.60. The number of rotatable bonds is 5. The number of carbonyl (C=O) groups is 3. The van der Waals surface area contributed by atoms with Gasteiger partial charge in [-0.15, -0.1) is 0 Å². The largest absolute Gasteiger partial charge is 0.341 e. The quantitative estimate of drug-likeness (QED) is 0.478. The smallest absolute Gasteiger partial charge is 0.296 e. The van der Waals surface area contributed by atoms with Crippen LogP contribution in [0.5, 0.6) is 0 Å². The average Bonchev–Trinajstić information content (AvgIpc) is 2.95. The van der Waals surface area contributed by atoms with Gasteiger partial charge in [-0.25, -0.2) is 0 Å². The van der Waals surface area contributed by atoms with Crippen LogP contribution in [0, 0.1) is 13.8 Å². The number of amides is 2. The third kappa shape index (κ3) is 4.44. The fourth-order valence-electron chi connectivity index (χ4n) is 4.43. The lowest BCUT2D eigenvalue weighted by Crippen LogP contribution is -2.34. The second-order valence-corrected chi connectivity index (χ2v) is 8.53. The van der Waals surface area contributed by atoms with E-state index in [4.69, 9.17) is 0 Å². The molecule has 3 aromatic rings. The number of aryl methyl sites for hydroxylation is 2.